The van der Waals surface area contributed by atoms with Gasteiger partial charge in [-0.3, -0.25) is 10.1 Å². The number of fused-ring (bicyclic) bond motifs is 1. The average molecular weight is 419 g/mol. The first kappa shape index (κ1) is 18.6. The van der Waals surface area contributed by atoms with Crippen molar-refractivity contribution in [1.29, 1.82) is 0 Å². The second-order valence-corrected chi connectivity index (χ2v) is 7.83. The van der Waals surface area contributed by atoms with Crippen molar-refractivity contribution in [3.63, 3.8) is 0 Å². The molecule has 9 heteroatoms. The van der Waals surface area contributed by atoms with Gasteiger partial charge in [0.25, 0.3) is 5.69 Å². The number of thioether (sulfide) groups is 1. The maximum atomic E-state index is 12.7. The highest BCUT2D eigenvalue weighted by atomic mass is 35.5. The van der Waals surface area contributed by atoms with Gasteiger partial charge in [0.15, 0.2) is 10.8 Å². The van der Waals surface area contributed by atoms with Gasteiger partial charge in [-0.2, -0.15) is 0 Å². The summed E-state index contributed by atoms with van der Waals surface area (Å²) in [5.41, 5.74) is 1.08. The maximum Gasteiger partial charge on any atom is 0.359 e. The van der Waals surface area contributed by atoms with Gasteiger partial charge >= 0.3 is 5.97 Å². The second kappa shape index (κ2) is 7.73. The molecular formula is C19H15ClN2O5S. The van der Waals surface area contributed by atoms with Gasteiger partial charge in [-0.25, -0.2) is 4.79 Å². The van der Waals surface area contributed by atoms with Gasteiger partial charge in [0.05, 0.1) is 10.3 Å². The summed E-state index contributed by atoms with van der Waals surface area (Å²) in [4.78, 5) is 24.9. The van der Waals surface area contributed by atoms with E-state index in [1.807, 2.05) is 4.90 Å². The molecule has 144 valence electrons. The summed E-state index contributed by atoms with van der Waals surface area (Å²) in [5.74, 6) is 0.118. The van der Waals surface area contributed by atoms with Crippen molar-refractivity contribution in [2.24, 2.45) is 0 Å². The number of esters is 1. The summed E-state index contributed by atoms with van der Waals surface area (Å²) in [7, 11) is 0. The van der Waals surface area contributed by atoms with Crippen molar-refractivity contribution in [2.75, 3.05) is 6.54 Å². The van der Waals surface area contributed by atoms with Crippen molar-refractivity contribution in [3.8, 4) is 5.75 Å². The Balaban J connectivity index is 1.46. The standard InChI is InChI=1S/C19H15ClN2O5S/c20-13-3-7-15(8-4-13)27-19-17(21-10-9-16(21)28-19)18(23)26-11-12-1-5-14(6-2-12)22(24)25/h1-8,16H,9-11H2. The van der Waals surface area contributed by atoms with Gasteiger partial charge < -0.3 is 14.4 Å². The zero-order valence-corrected chi connectivity index (χ0v) is 16.1. The molecule has 7 nitrogen and oxygen atoms in total. The molecule has 28 heavy (non-hydrogen) atoms. The molecule has 1 unspecified atom stereocenters. The minimum atomic E-state index is -0.475. The fraction of sp³-hybridized carbons (Fsp3) is 0.211. The third kappa shape index (κ3) is 3.79. The van der Waals surface area contributed by atoms with E-state index in [9.17, 15) is 14.9 Å². The highest BCUT2D eigenvalue weighted by molar-refractivity contribution is 8.03. The van der Waals surface area contributed by atoms with Crippen LogP contribution in [0.4, 0.5) is 5.69 Å². The molecule has 2 aromatic rings. The number of non-ortho nitro benzene ring substituents is 1. The monoisotopic (exact) mass is 418 g/mol. The number of nitro benzene ring substituents is 1. The van der Waals surface area contributed by atoms with E-state index in [4.69, 9.17) is 21.1 Å². The van der Waals surface area contributed by atoms with Crippen LogP contribution in [0.15, 0.2) is 59.3 Å². The lowest BCUT2D eigenvalue weighted by Gasteiger charge is -2.36. The van der Waals surface area contributed by atoms with E-state index in [1.54, 1.807) is 36.4 Å². The van der Waals surface area contributed by atoms with Crippen molar-refractivity contribution in [1.82, 2.24) is 4.90 Å². The number of nitro groups is 1. The van der Waals surface area contributed by atoms with Crippen LogP contribution in [0.5, 0.6) is 5.75 Å². The van der Waals surface area contributed by atoms with Gasteiger partial charge in [0.2, 0.25) is 0 Å². The summed E-state index contributed by atoms with van der Waals surface area (Å²) < 4.78 is 11.3. The van der Waals surface area contributed by atoms with E-state index in [2.05, 4.69) is 0 Å². The molecule has 2 aliphatic rings. The lowest BCUT2D eigenvalue weighted by molar-refractivity contribution is -0.384. The first-order chi connectivity index (χ1) is 13.5. The van der Waals surface area contributed by atoms with Gasteiger partial charge in [-0.1, -0.05) is 23.4 Å². The Bertz CT molecular complexity index is 946. The van der Waals surface area contributed by atoms with E-state index in [0.29, 0.717) is 27.1 Å². The van der Waals surface area contributed by atoms with Crippen LogP contribution in [-0.2, 0) is 16.1 Å². The smallest absolute Gasteiger partial charge is 0.359 e. The second-order valence-electron chi connectivity index (χ2n) is 6.25. The number of carbonyl (C=O) groups is 1. The van der Waals surface area contributed by atoms with Crippen LogP contribution in [0, 0.1) is 10.1 Å². The number of hydrogen-bond acceptors (Lipinski definition) is 7. The summed E-state index contributed by atoms with van der Waals surface area (Å²) in [6.45, 7) is 0.796. The van der Waals surface area contributed by atoms with Crippen LogP contribution in [-0.4, -0.2) is 27.7 Å². The van der Waals surface area contributed by atoms with Crippen LogP contribution < -0.4 is 4.74 Å². The minimum Gasteiger partial charge on any atom is -0.456 e. The highest BCUT2D eigenvalue weighted by Gasteiger charge is 2.44. The van der Waals surface area contributed by atoms with Gasteiger partial charge in [0, 0.05) is 23.7 Å². The third-order valence-corrected chi connectivity index (χ3v) is 5.93. The molecule has 4 rings (SSSR count). The number of ether oxygens (including phenoxy) is 2. The van der Waals surface area contributed by atoms with E-state index >= 15 is 0 Å². The molecule has 0 bridgehead atoms. The number of benzene rings is 2. The Morgan fingerprint density at radius 1 is 1.21 bits per heavy atom. The summed E-state index contributed by atoms with van der Waals surface area (Å²) in [6.07, 6.45) is 0.970. The summed E-state index contributed by atoms with van der Waals surface area (Å²) >= 11 is 7.40. The molecule has 0 spiro atoms. The lowest BCUT2D eigenvalue weighted by Crippen LogP contribution is -2.43. The van der Waals surface area contributed by atoms with Crippen LogP contribution in [0.25, 0.3) is 0 Å². The molecule has 1 atom stereocenters. The average Bonchev–Trinajstić information content (AvgIpc) is 2.92. The Labute approximate surface area is 170 Å². The molecule has 0 aliphatic carbocycles. The Hall–Kier alpha value is -2.71. The number of carbonyl (C=O) groups excluding carboxylic acids is 1. The van der Waals surface area contributed by atoms with E-state index in [0.717, 1.165) is 13.0 Å². The predicted molar refractivity (Wildman–Crippen MR) is 105 cm³/mol. The van der Waals surface area contributed by atoms with Crippen LogP contribution in [0.1, 0.15) is 12.0 Å². The Morgan fingerprint density at radius 3 is 2.54 bits per heavy atom. The number of hydrogen-bond donors (Lipinski definition) is 0. The molecule has 1 saturated heterocycles. The van der Waals surface area contributed by atoms with Crippen molar-refractivity contribution >= 4 is 35.0 Å². The first-order valence-corrected chi connectivity index (χ1v) is 9.78. The van der Waals surface area contributed by atoms with Crippen LogP contribution in [0.2, 0.25) is 5.02 Å². The largest absolute Gasteiger partial charge is 0.456 e. The van der Waals surface area contributed by atoms with Gasteiger partial charge in [0.1, 0.15) is 12.4 Å². The highest BCUT2D eigenvalue weighted by Crippen LogP contribution is 2.46. The van der Waals surface area contributed by atoms with Crippen LogP contribution in [0.3, 0.4) is 0 Å². The summed E-state index contributed by atoms with van der Waals surface area (Å²) in [5, 5.41) is 12.0. The predicted octanol–water partition coefficient (Wildman–Crippen LogP) is 4.32. The lowest BCUT2D eigenvalue weighted by atomic mass is 10.2. The van der Waals surface area contributed by atoms with E-state index < -0.39 is 10.9 Å². The van der Waals surface area contributed by atoms with Crippen molar-refractivity contribution < 1.29 is 19.2 Å². The van der Waals surface area contributed by atoms with Crippen molar-refractivity contribution in [2.45, 2.75) is 18.4 Å². The molecule has 2 heterocycles. The molecule has 0 N–H and O–H groups in total. The molecule has 2 aromatic carbocycles. The van der Waals surface area contributed by atoms with E-state index in [1.165, 1.54) is 23.9 Å². The number of halogens is 1. The molecule has 1 fully saturated rings. The number of rotatable bonds is 6. The third-order valence-electron chi connectivity index (χ3n) is 4.42. The van der Waals surface area contributed by atoms with Gasteiger partial charge in [-0.15, -0.1) is 0 Å². The maximum absolute atomic E-state index is 12.7. The first-order valence-electron chi connectivity index (χ1n) is 8.53. The zero-order valence-electron chi connectivity index (χ0n) is 14.5. The molecule has 0 radical (unpaired) electrons. The molecule has 0 amide bonds. The number of nitrogens with zero attached hydrogens (tertiary/aromatic N) is 2. The molecule has 0 saturated carbocycles. The SMILES string of the molecule is O=C(OCc1ccc([N+](=O)[O-])cc1)C1=C(Oc2ccc(Cl)cc2)SC2CCN12. The minimum absolute atomic E-state index is 0.00736. The molecule has 0 aromatic heterocycles. The van der Waals surface area contributed by atoms with Crippen LogP contribution >= 0.6 is 23.4 Å². The summed E-state index contributed by atoms with van der Waals surface area (Å²) in [6, 6.07) is 12.8. The molecular weight excluding hydrogens is 404 g/mol. The zero-order chi connectivity index (χ0) is 19.7. The normalized spacial score (nSPS) is 17.8. The van der Waals surface area contributed by atoms with E-state index in [-0.39, 0.29) is 17.7 Å². The fourth-order valence-electron chi connectivity index (χ4n) is 2.85. The fourth-order valence-corrected chi connectivity index (χ4v) is 4.24. The topological polar surface area (TPSA) is 81.9 Å². The Morgan fingerprint density at radius 2 is 1.93 bits per heavy atom. The van der Waals surface area contributed by atoms with Crippen molar-refractivity contribution in [3.05, 3.63) is 80.0 Å². The molecule has 2 aliphatic heterocycles. The quantitative estimate of drug-likeness (QED) is 0.392. The van der Waals surface area contributed by atoms with Gasteiger partial charge in [-0.05, 0) is 48.4 Å². The Kier molecular flexibility index (Phi) is 5.15.